The molecule has 3 aromatic rings. The van der Waals surface area contributed by atoms with Crippen LogP contribution < -0.4 is 9.92 Å². The van der Waals surface area contributed by atoms with Gasteiger partial charge in [0.1, 0.15) is 12.4 Å². The first-order valence-electron chi connectivity index (χ1n) is 10.8. The second kappa shape index (κ2) is 9.52. The fourth-order valence-electron chi connectivity index (χ4n) is 4.30. The molecule has 1 aliphatic carbocycles. The van der Waals surface area contributed by atoms with Gasteiger partial charge >= 0.3 is 22.1 Å². The van der Waals surface area contributed by atoms with E-state index in [4.69, 9.17) is 19.4 Å². The molecule has 8 nitrogen and oxygen atoms in total. The van der Waals surface area contributed by atoms with Crippen LogP contribution in [0.1, 0.15) is 29.0 Å². The molecule has 0 fully saturated rings. The molecule has 0 bridgehead atoms. The Morgan fingerprint density at radius 2 is 1.46 bits per heavy atom. The van der Waals surface area contributed by atoms with Crippen molar-refractivity contribution in [1.29, 1.82) is 0 Å². The summed E-state index contributed by atoms with van der Waals surface area (Å²) in [6.07, 6.45) is 0.453. The van der Waals surface area contributed by atoms with E-state index in [-0.39, 0.29) is 23.8 Å². The summed E-state index contributed by atoms with van der Waals surface area (Å²) in [5.74, 6) is -1.64. The van der Waals surface area contributed by atoms with Crippen molar-refractivity contribution >= 4 is 22.1 Å². The number of ether oxygens (including phenoxy) is 2. The molecule has 0 saturated heterocycles. The van der Waals surface area contributed by atoms with E-state index >= 15 is 0 Å². The Morgan fingerprint density at radius 3 is 1.97 bits per heavy atom. The predicted molar refractivity (Wildman–Crippen MR) is 129 cm³/mol. The standard InChI is InChI=1S/C26H25NO7S/c1-32-24(28)15-26(27,17-11-13-18(14-12-17)34-35(2,30)31)25(29)33-16-23-21-9-5-3-7-19(21)20-8-4-6-10-22(20)23/h3-14,23H,15-16,27H2,1-2H3. The molecule has 0 radical (unpaired) electrons. The number of fused-ring (bicyclic) bond motifs is 3. The van der Waals surface area contributed by atoms with Gasteiger partial charge in [-0.25, -0.2) is 4.79 Å². The van der Waals surface area contributed by atoms with Crippen LogP contribution in [0.2, 0.25) is 0 Å². The zero-order valence-corrected chi connectivity index (χ0v) is 20.1. The van der Waals surface area contributed by atoms with E-state index in [0.717, 1.165) is 28.5 Å². The number of rotatable bonds is 8. The molecule has 1 unspecified atom stereocenters. The topological polar surface area (TPSA) is 122 Å². The van der Waals surface area contributed by atoms with Gasteiger partial charge in [0.2, 0.25) is 0 Å². The van der Waals surface area contributed by atoms with Crippen LogP contribution in [0.4, 0.5) is 0 Å². The Kier molecular flexibility index (Phi) is 6.64. The van der Waals surface area contributed by atoms with Crippen LogP contribution in [0, 0.1) is 0 Å². The lowest BCUT2D eigenvalue weighted by Crippen LogP contribution is -2.48. The summed E-state index contributed by atoms with van der Waals surface area (Å²) in [6, 6.07) is 21.4. The van der Waals surface area contributed by atoms with Crippen molar-refractivity contribution in [3.8, 4) is 16.9 Å². The van der Waals surface area contributed by atoms with Crippen molar-refractivity contribution in [2.24, 2.45) is 5.73 Å². The summed E-state index contributed by atoms with van der Waals surface area (Å²) in [5, 5.41) is 0. The Hall–Kier alpha value is -3.69. The third-order valence-electron chi connectivity index (χ3n) is 5.98. The Balaban J connectivity index is 1.60. The van der Waals surface area contributed by atoms with E-state index in [1.54, 1.807) is 0 Å². The quantitative estimate of drug-likeness (QED) is 0.374. The van der Waals surface area contributed by atoms with Crippen LogP contribution in [0.15, 0.2) is 72.8 Å². The summed E-state index contributed by atoms with van der Waals surface area (Å²) in [7, 11) is -2.53. The molecule has 0 amide bonds. The first kappa shape index (κ1) is 24.4. The molecule has 1 aliphatic rings. The number of esters is 2. The summed E-state index contributed by atoms with van der Waals surface area (Å²) in [4.78, 5) is 25.5. The highest BCUT2D eigenvalue weighted by atomic mass is 32.2. The van der Waals surface area contributed by atoms with Crippen LogP contribution in [0.25, 0.3) is 11.1 Å². The number of carbonyl (C=O) groups excluding carboxylic acids is 2. The second-order valence-corrected chi connectivity index (χ2v) is 9.94. The van der Waals surface area contributed by atoms with Gasteiger partial charge in [0.15, 0.2) is 5.54 Å². The maximum atomic E-state index is 13.3. The largest absolute Gasteiger partial charge is 0.469 e. The fourth-order valence-corrected chi connectivity index (χ4v) is 4.76. The van der Waals surface area contributed by atoms with E-state index in [2.05, 4.69) is 0 Å². The molecule has 0 spiro atoms. The number of carbonyl (C=O) groups is 2. The van der Waals surface area contributed by atoms with Gasteiger partial charge in [0.25, 0.3) is 0 Å². The minimum absolute atomic E-state index is 0.0300. The van der Waals surface area contributed by atoms with Gasteiger partial charge in [-0.15, -0.1) is 0 Å². The van der Waals surface area contributed by atoms with Crippen LogP contribution >= 0.6 is 0 Å². The summed E-state index contributed by atoms with van der Waals surface area (Å²) < 4.78 is 38.1. The highest BCUT2D eigenvalue weighted by Gasteiger charge is 2.41. The second-order valence-electron chi connectivity index (χ2n) is 8.36. The monoisotopic (exact) mass is 495 g/mol. The minimum atomic E-state index is -3.73. The van der Waals surface area contributed by atoms with Crippen LogP contribution in [-0.4, -0.2) is 40.3 Å². The molecule has 0 saturated carbocycles. The molecule has 2 N–H and O–H groups in total. The van der Waals surface area contributed by atoms with E-state index in [1.807, 2.05) is 48.5 Å². The minimum Gasteiger partial charge on any atom is -0.469 e. The highest BCUT2D eigenvalue weighted by molar-refractivity contribution is 7.86. The molecular formula is C26H25NO7S. The fraction of sp³-hybridized carbons (Fsp3) is 0.231. The first-order chi connectivity index (χ1) is 16.6. The Bertz CT molecular complexity index is 1320. The number of nitrogens with two attached hydrogens (primary N) is 1. The molecule has 0 heterocycles. The molecule has 9 heteroatoms. The van der Waals surface area contributed by atoms with Crippen molar-refractivity contribution in [1.82, 2.24) is 0 Å². The molecule has 0 aliphatic heterocycles. The lowest BCUT2D eigenvalue weighted by molar-refractivity contribution is -0.156. The van der Waals surface area contributed by atoms with E-state index in [0.29, 0.717) is 0 Å². The van der Waals surface area contributed by atoms with Gasteiger partial charge in [-0.3, -0.25) is 4.79 Å². The zero-order valence-electron chi connectivity index (χ0n) is 19.3. The SMILES string of the molecule is COC(=O)CC(N)(C(=O)OCC1c2ccccc2-c2ccccc21)c1ccc(OS(C)(=O)=O)cc1. The van der Waals surface area contributed by atoms with Crippen molar-refractivity contribution in [2.75, 3.05) is 20.0 Å². The average Bonchev–Trinajstić information content (AvgIpc) is 3.15. The zero-order chi connectivity index (χ0) is 25.2. The van der Waals surface area contributed by atoms with Crippen LogP contribution in [0.3, 0.4) is 0 Å². The number of hydrogen-bond acceptors (Lipinski definition) is 8. The van der Waals surface area contributed by atoms with E-state index < -0.39 is 34.0 Å². The number of methoxy groups -OCH3 is 1. The molecule has 182 valence electrons. The number of hydrogen-bond donors (Lipinski definition) is 1. The first-order valence-corrected chi connectivity index (χ1v) is 12.6. The van der Waals surface area contributed by atoms with Gasteiger partial charge in [0.05, 0.1) is 19.8 Å². The van der Waals surface area contributed by atoms with Crippen molar-refractivity contribution < 1.29 is 31.7 Å². The van der Waals surface area contributed by atoms with E-state index in [1.165, 1.54) is 31.4 Å². The number of benzene rings is 3. The summed E-state index contributed by atoms with van der Waals surface area (Å²) in [6.45, 7) is 0.0300. The van der Waals surface area contributed by atoms with E-state index in [9.17, 15) is 18.0 Å². The Morgan fingerprint density at radius 1 is 0.914 bits per heavy atom. The molecule has 35 heavy (non-hydrogen) atoms. The van der Waals surface area contributed by atoms with Gasteiger partial charge in [-0.1, -0.05) is 60.7 Å². The Labute approximate surface area is 203 Å². The summed E-state index contributed by atoms with van der Waals surface area (Å²) in [5.41, 5.74) is 9.10. The van der Waals surface area contributed by atoms with Gasteiger partial charge in [-0.05, 0) is 39.9 Å². The van der Waals surface area contributed by atoms with Gasteiger partial charge in [0, 0.05) is 5.92 Å². The van der Waals surface area contributed by atoms with Gasteiger partial charge < -0.3 is 19.4 Å². The maximum absolute atomic E-state index is 13.3. The van der Waals surface area contributed by atoms with Crippen molar-refractivity contribution in [3.63, 3.8) is 0 Å². The highest BCUT2D eigenvalue weighted by Crippen LogP contribution is 2.44. The van der Waals surface area contributed by atoms with Crippen LogP contribution in [0.5, 0.6) is 5.75 Å². The van der Waals surface area contributed by atoms with Crippen molar-refractivity contribution in [3.05, 3.63) is 89.5 Å². The summed E-state index contributed by atoms with van der Waals surface area (Å²) >= 11 is 0. The molecule has 3 aromatic carbocycles. The smallest absolute Gasteiger partial charge is 0.331 e. The molecular weight excluding hydrogens is 470 g/mol. The van der Waals surface area contributed by atoms with Crippen molar-refractivity contribution in [2.45, 2.75) is 17.9 Å². The molecule has 4 rings (SSSR count). The lowest BCUT2D eigenvalue weighted by atomic mass is 9.87. The average molecular weight is 496 g/mol. The molecule has 1 atom stereocenters. The molecule has 0 aromatic heterocycles. The third kappa shape index (κ3) is 5.06. The van der Waals surface area contributed by atoms with Crippen LogP contribution in [-0.2, 0) is 34.7 Å². The maximum Gasteiger partial charge on any atom is 0.331 e. The predicted octanol–water partition coefficient (Wildman–Crippen LogP) is 3.10. The van der Waals surface area contributed by atoms with Gasteiger partial charge in [-0.2, -0.15) is 8.42 Å². The lowest BCUT2D eigenvalue weighted by Gasteiger charge is -2.27. The normalized spacial score (nSPS) is 14.4. The third-order valence-corrected chi connectivity index (χ3v) is 6.47.